The molecule has 1 fully saturated rings. The van der Waals surface area contributed by atoms with Gasteiger partial charge in [-0.2, -0.15) is 0 Å². The molecule has 3 nitrogen and oxygen atoms in total. The Balaban J connectivity index is 2.04. The van der Waals surface area contributed by atoms with Gasteiger partial charge in [0.05, 0.1) is 6.04 Å². The van der Waals surface area contributed by atoms with E-state index in [1.165, 1.54) is 38.5 Å². The van der Waals surface area contributed by atoms with Gasteiger partial charge in [0.2, 0.25) is 5.91 Å². The summed E-state index contributed by atoms with van der Waals surface area (Å²) >= 11 is 0. The van der Waals surface area contributed by atoms with Crippen LogP contribution in [-0.4, -0.2) is 18.5 Å². The second kappa shape index (κ2) is 7.66. The molecule has 1 aliphatic rings. The van der Waals surface area contributed by atoms with E-state index < -0.39 is 0 Å². The number of carbonyl (C=O) groups is 1. The number of nitrogens with two attached hydrogens (primary N) is 1. The Hall–Kier alpha value is -0.570. The monoisotopic (exact) mass is 226 g/mol. The third-order valence-corrected chi connectivity index (χ3v) is 3.29. The second-order valence-electron chi connectivity index (χ2n) is 5.01. The Morgan fingerprint density at radius 3 is 2.56 bits per heavy atom. The molecule has 1 aliphatic carbocycles. The molecule has 16 heavy (non-hydrogen) atoms. The molecule has 0 heterocycles. The molecule has 0 aliphatic heterocycles. The maximum atomic E-state index is 11.2. The zero-order valence-electron chi connectivity index (χ0n) is 10.5. The van der Waals surface area contributed by atoms with Crippen LogP contribution in [0, 0.1) is 5.92 Å². The molecule has 1 saturated carbocycles. The summed E-state index contributed by atoms with van der Waals surface area (Å²) in [7, 11) is 0. The molecule has 94 valence electrons. The smallest absolute Gasteiger partial charge is 0.234 e. The van der Waals surface area contributed by atoms with Crippen LogP contribution in [0.2, 0.25) is 0 Å². The zero-order chi connectivity index (χ0) is 11.8. The lowest BCUT2D eigenvalue weighted by Gasteiger charge is -2.14. The number of amides is 1. The van der Waals surface area contributed by atoms with Crippen LogP contribution in [0.25, 0.3) is 0 Å². The predicted molar refractivity (Wildman–Crippen MR) is 67.1 cm³/mol. The molecule has 1 amide bonds. The molecule has 0 aromatic carbocycles. The van der Waals surface area contributed by atoms with Gasteiger partial charge >= 0.3 is 0 Å². The van der Waals surface area contributed by atoms with Crippen molar-refractivity contribution in [2.24, 2.45) is 11.7 Å². The van der Waals surface area contributed by atoms with Crippen molar-refractivity contribution in [2.45, 2.75) is 64.3 Å². The van der Waals surface area contributed by atoms with Crippen LogP contribution in [0.4, 0.5) is 0 Å². The summed E-state index contributed by atoms with van der Waals surface area (Å²) in [6, 6.07) is -0.0952. The fourth-order valence-electron chi connectivity index (χ4n) is 1.93. The van der Waals surface area contributed by atoms with E-state index in [4.69, 9.17) is 5.73 Å². The number of carbonyl (C=O) groups excluding carboxylic acids is 1. The van der Waals surface area contributed by atoms with E-state index >= 15 is 0 Å². The number of hydrogen-bond donors (Lipinski definition) is 2. The molecular formula is C13H26N2O. The van der Waals surface area contributed by atoms with Crippen molar-refractivity contribution in [1.82, 2.24) is 5.32 Å². The molecule has 0 aromatic rings. The average molecular weight is 226 g/mol. The summed E-state index contributed by atoms with van der Waals surface area (Å²) in [5.41, 5.74) is 5.38. The molecule has 1 atom stereocenters. The van der Waals surface area contributed by atoms with E-state index in [-0.39, 0.29) is 11.9 Å². The summed E-state index contributed by atoms with van der Waals surface area (Å²) in [6.45, 7) is 3.19. The maximum absolute atomic E-state index is 11.2. The van der Waals surface area contributed by atoms with Gasteiger partial charge < -0.3 is 11.1 Å². The van der Waals surface area contributed by atoms with Gasteiger partial charge in [0, 0.05) is 0 Å². The topological polar surface area (TPSA) is 55.1 Å². The lowest BCUT2D eigenvalue weighted by atomic mass is 10.1. The van der Waals surface area contributed by atoms with Crippen LogP contribution in [0.15, 0.2) is 0 Å². The molecule has 1 unspecified atom stereocenters. The first-order valence-electron chi connectivity index (χ1n) is 6.76. The van der Waals surface area contributed by atoms with Crippen molar-refractivity contribution >= 4 is 5.91 Å². The van der Waals surface area contributed by atoms with Gasteiger partial charge in [-0.3, -0.25) is 4.79 Å². The van der Waals surface area contributed by atoms with Crippen molar-refractivity contribution in [3.05, 3.63) is 0 Å². The van der Waals surface area contributed by atoms with E-state index in [2.05, 4.69) is 12.2 Å². The number of nitrogens with one attached hydrogen (secondary N) is 1. The highest BCUT2D eigenvalue weighted by atomic mass is 16.1. The van der Waals surface area contributed by atoms with Gasteiger partial charge in [-0.25, -0.2) is 0 Å². The Bertz CT molecular complexity index is 202. The third-order valence-electron chi connectivity index (χ3n) is 3.29. The fraction of sp³-hybridized carbons (Fsp3) is 0.923. The highest BCUT2D eigenvalue weighted by molar-refractivity contribution is 5.79. The number of primary amides is 1. The molecular weight excluding hydrogens is 200 g/mol. The minimum Gasteiger partial charge on any atom is -0.368 e. The maximum Gasteiger partial charge on any atom is 0.234 e. The van der Waals surface area contributed by atoms with Gasteiger partial charge in [-0.05, 0) is 31.7 Å². The largest absolute Gasteiger partial charge is 0.368 e. The molecule has 1 rings (SSSR count). The van der Waals surface area contributed by atoms with Crippen LogP contribution >= 0.6 is 0 Å². The van der Waals surface area contributed by atoms with Crippen LogP contribution in [0.3, 0.4) is 0 Å². The summed E-state index contributed by atoms with van der Waals surface area (Å²) in [4.78, 5) is 11.2. The van der Waals surface area contributed by atoms with Crippen molar-refractivity contribution in [2.75, 3.05) is 6.54 Å². The first-order valence-corrected chi connectivity index (χ1v) is 6.76. The van der Waals surface area contributed by atoms with Gasteiger partial charge in [0.15, 0.2) is 0 Å². The fourth-order valence-corrected chi connectivity index (χ4v) is 1.93. The van der Waals surface area contributed by atoms with Crippen LogP contribution in [0.5, 0.6) is 0 Å². The van der Waals surface area contributed by atoms with E-state index in [0.717, 1.165) is 25.3 Å². The van der Waals surface area contributed by atoms with Crippen LogP contribution in [-0.2, 0) is 4.79 Å². The first kappa shape index (κ1) is 13.5. The number of rotatable bonds is 10. The third kappa shape index (κ3) is 6.11. The highest BCUT2D eigenvalue weighted by Crippen LogP contribution is 2.27. The molecule has 0 aromatic heterocycles. The zero-order valence-corrected chi connectivity index (χ0v) is 10.5. The van der Waals surface area contributed by atoms with E-state index in [1.807, 2.05) is 0 Å². The predicted octanol–water partition coefficient (Wildman–Crippen LogP) is 2.20. The van der Waals surface area contributed by atoms with E-state index in [1.54, 1.807) is 0 Å². The standard InChI is InChI=1S/C13H26N2O/c1-2-3-4-5-6-7-12(13(14)16)15-10-11-8-9-11/h11-12,15H,2-10H2,1H3,(H2,14,16). The van der Waals surface area contributed by atoms with E-state index in [0.29, 0.717) is 0 Å². The summed E-state index contributed by atoms with van der Waals surface area (Å²) in [5, 5.41) is 3.30. The second-order valence-corrected chi connectivity index (χ2v) is 5.01. The lowest BCUT2D eigenvalue weighted by Crippen LogP contribution is -2.42. The minimum absolute atomic E-state index is 0.0952. The van der Waals surface area contributed by atoms with Crippen molar-refractivity contribution in [3.8, 4) is 0 Å². The van der Waals surface area contributed by atoms with Crippen LogP contribution in [0.1, 0.15) is 58.3 Å². The molecule has 0 bridgehead atoms. The molecule has 0 spiro atoms. The summed E-state index contributed by atoms with van der Waals surface area (Å²) in [5.74, 6) is 0.623. The van der Waals surface area contributed by atoms with Crippen molar-refractivity contribution < 1.29 is 4.79 Å². The van der Waals surface area contributed by atoms with Gasteiger partial charge in [0.25, 0.3) is 0 Å². The SMILES string of the molecule is CCCCCCCC(NCC1CC1)C(N)=O. The molecule has 3 N–H and O–H groups in total. The number of unbranched alkanes of at least 4 members (excludes halogenated alkanes) is 4. The van der Waals surface area contributed by atoms with Crippen molar-refractivity contribution in [3.63, 3.8) is 0 Å². The lowest BCUT2D eigenvalue weighted by molar-refractivity contribution is -0.120. The number of hydrogen-bond acceptors (Lipinski definition) is 2. The Morgan fingerprint density at radius 2 is 2.00 bits per heavy atom. The quantitative estimate of drug-likeness (QED) is 0.561. The molecule has 0 radical (unpaired) electrons. The summed E-state index contributed by atoms with van der Waals surface area (Å²) < 4.78 is 0. The first-order chi connectivity index (χ1) is 7.74. The average Bonchev–Trinajstić information content (AvgIpc) is 3.05. The van der Waals surface area contributed by atoms with Crippen LogP contribution < -0.4 is 11.1 Å². The minimum atomic E-state index is -0.184. The Kier molecular flexibility index (Phi) is 6.46. The van der Waals surface area contributed by atoms with E-state index in [9.17, 15) is 4.79 Å². The molecule has 3 heteroatoms. The van der Waals surface area contributed by atoms with Gasteiger partial charge in [-0.15, -0.1) is 0 Å². The normalized spacial score (nSPS) is 17.3. The van der Waals surface area contributed by atoms with Gasteiger partial charge in [0.1, 0.15) is 0 Å². The Labute approximate surface area is 99.2 Å². The molecule has 0 saturated heterocycles. The highest BCUT2D eigenvalue weighted by Gasteiger charge is 2.23. The van der Waals surface area contributed by atoms with Crippen molar-refractivity contribution in [1.29, 1.82) is 0 Å². The summed E-state index contributed by atoms with van der Waals surface area (Å²) in [6.07, 6.45) is 9.73. The Morgan fingerprint density at radius 1 is 1.31 bits per heavy atom. The van der Waals surface area contributed by atoms with Gasteiger partial charge in [-0.1, -0.05) is 39.0 Å².